The van der Waals surface area contributed by atoms with E-state index in [0.29, 0.717) is 0 Å². The second-order valence-electron chi connectivity index (χ2n) is 2.58. The lowest BCUT2D eigenvalue weighted by Crippen LogP contribution is -2.03. The predicted molar refractivity (Wildman–Crippen MR) is 49.1 cm³/mol. The fourth-order valence-electron chi connectivity index (χ4n) is 0.903. The van der Waals surface area contributed by atoms with Crippen LogP contribution < -0.4 is 10.5 Å². The summed E-state index contributed by atoms with van der Waals surface area (Å²) in [7, 11) is 0. The van der Waals surface area contributed by atoms with Gasteiger partial charge < -0.3 is 10.5 Å². The summed E-state index contributed by atoms with van der Waals surface area (Å²) in [6, 6.07) is 10.5. The molecule has 0 aliphatic carbocycles. The van der Waals surface area contributed by atoms with Gasteiger partial charge in [-0.1, -0.05) is 12.1 Å². The van der Waals surface area contributed by atoms with E-state index in [1.54, 1.807) is 0 Å². The largest absolute Gasteiger partial charge is 0.494 e. The van der Waals surface area contributed by atoms with Gasteiger partial charge in [0.1, 0.15) is 5.75 Å². The van der Waals surface area contributed by atoms with Crippen molar-refractivity contribution in [1.29, 1.82) is 0 Å². The molecule has 0 fully saturated rings. The van der Waals surface area contributed by atoms with E-state index < -0.39 is 0 Å². The number of hydrogen-bond acceptors (Lipinski definition) is 2. The monoisotopic (exact) mass is 164 g/mol. The smallest absolute Gasteiger partial charge is 0.119 e. The van der Waals surface area contributed by atoms with E-state index in [-0.39, 0.29) is 0 Å². The fraction of sp³-hybridized carbons (Fsp3) is 0.400. The summed E-state index contributed by atoms with van der Waals surface area (Å²) in [5.74, 6) is 0.884. The van der Waals surface area contributed by atoms with Crippen LogP contribution in [0.1, 0.15) is 12.8 Å². The van der Waals surface area contributed by atoms with E-state index in [4.69, 9.17) is 10.5 Å². The molecule has 65 valence electrons. The van der Waals surface area contributed by atoms with Gasteiger partial charge >= 0.3 is 0 Å². The maximum atomic E-state index is 5.42. The molecule has 0 amide bonds. The van der Waals surface area contributed by atoms with Crippen molar-refractivity contribution in [1.82, 2.24) is 0 Å². The first-order valence-corrected chi connectivity index (χ1v) is 4.22. The van der Waals surface area contributed by atoms with Crippen LogP contribution in [0, 0.1) is 6.07 Å². The highest BCUT2D eigenvalue weighted by Crippen LogP contribution is 2.07. The molecule has 2 nitrogen and oxygen atoms in total. The quantitative estimate of drug-likeness (QED) is 0.671. The lowest BCUT2D eigenvalue weighted by atomic mass is 10.3. The number of hydrogen-bond donors (Lipinski definition) is 1. The molecule has 0 aliphatic heterocycles. The molecule has 0 heterocycles. The number of unbranched alkanes of at least 4 members (excludes halogenated alkanes) is 1. The van der Waals surface area contributed by atoms with Crippen LogP contribution in [-0.2, 0) is 0 Å². The summed E-state index contributed by atoms with van der Waals surface area (Å²) in [5.41, 5.74) is 5.35. The zero-order valence-electron chi connectivity index (χ0n) is 7.12. The van der Waals surface area contributed by atoms with Crippen molar-refractivity contribution >= 4 is 0 Å². The van der Waals surface area contributed by atoms with Crippen LogP contribution in [0.4, 0.5) is 0 Å². The molecule has 1 rings (SSSR count). The molecular formula is C10H14NO. The first-order valence-electron chi connectivity index (χ1n) is 4.22. The van der Waals surface area contributed by atoms with E-state index in [1.165, 1.54) is 0 Å². The lowest BCUT2D eigenvalue weighted by Gasteiger charge is -2.03. The maximum absolute atomic E-state index is 5.42. The molecule has 0 saturated heterocycles. The van der Waals surface area contributed by atoms with Crippen molar-refractivity contribution in [2.75, 3.05) is 13.2 Å². The average molecular weight is 164 g/mol. The van der Waals surface area contributed by atoms with Gasteiger partial charge in [-0.3, -0.25) is 0 Å². The highest BCUT2D eigenvalue weighted by Gasteiger charge is 1.90. The predicted octanol–water partition coefficient (Wildman–Crippen LogP) is 1.60. The fourth-order valence-corrected chi connectivity index (χ4v) is 0.903. The Morgan fingerprint density at radius 3 is 3.00 bits per heavy atom. The summed E-state index contributed by atoms with van der Waals surface area (Å²) in [4.78, 5) is 0. The van der Waals surface area contributed by atoms with Gasteiger partial charge in [0.2, 0.25) is 0 Å². The molecule has 0 aromatic heterocycles. The van der Waals surface area contributed by atoms with Crippen LogP contribution in [-0.4, -0.2) is 13.2 Å². The van der Waals surface area contributed by atoms with Gasteiger partial charge in [0, 0.05) is 0 Å². The van der Waals surface area contributed by atoms with Gasteiger partial charge in [-0.15, -0.1) is 0 Å². The van der Waals surface area contributed by atoms with Crippen molar-refractivity contribution < 1.29 is 4.74 Å². The lowest BCUT2D eigenvalue weighted by molar-refractivity contribution is 0.308. The van der Waals surface area contributed by atoms with Crippen LogP contribution in [0.3, 0.4) is 0 Å². The van der Waals surface area contributed by atoms with Crippen molar-refractivity contribution in [2.24, 2.45) is 5.73 Å². The summed E-state index contributed by atoms with van der Waals surface area (Å²) in [6.45, 7) is 1.49. The Balaban J connectivity index is 2.16. The minimum atomic E-state index is 0.740. The van der Waals surface area contributed by atoms with Crippen molar-refractivity contribution in [3.8, 4) is 5.75 Å². The number of rotatable bonds is 5. The summed E-state index contributed by atoms with van der Waals surface area (Å²) in [5, 5.41) is 0. The number of ether oxygens (including phenoxy) is 1. The van der Waals surface area contributed by atoms with Crippen LogP contribution in [0.25, 0.3) is 0 Å². The number of nitrogens with two attached hydrogens (primary N) is 1. The summed E-state index contributed by atoms with van der Waals surface area (Å²) < 4.78 is 5.42. The first-order chi connectivity index (χ1) is 5.93. The molecule has 1 aromatic carbocycles. The third-order valence-corrected chi connectivity index (χ3v) is 1.55. The zero-order valence-corrected chi connectivity index (χ0v) is 7.12. The molecular weight excluding hydrogens is 150 g/mol. The normalized spacial score (nSPS) is 9.75. The molecule has 0 unspecified atom stereocenters. The molecule has 0 aliphatic rings. The number of benzene rings is 1. The second kappa shape index (κ2) is 5.61. The maximum Gasteiger partial charge on any atom is 0.119 e. The Kier molecular flexibility index (Phi) is 4.24. The van der Waals surface area contributed by atoms with Crippen molar-refractivity contribution in [3.63, 3.8) is 0 Å². The van der Waals surface area contributed by atoms with Crippen molar-refractivity contribution in [3.05, 3.63) is 30.3 Å². The Labute approximate surface area is 73.3 Å². The van der Waals surface area contributed by atoms with Gasteiger partial charge in [0.15, 0.2) is 0 Å². The Bertz CT molecular complexity index is 198. The first kappa shape index (κ1) is 9.07. The van der Waals surface area contributed by atoms with Gasteiger partial charge in [0.25, 0.3) is 0 Å². The summed E-state index contributed by atoms with van der Waals surface area (Å²) >= 11 is 0. The van der Waals surface area contributed by atoms with Crippen LogP contribution in [0.5, 0.6) is 5.75 Å². The van der Waals surface area contributed by atoms with Crippen molar-refractivity contribution in [2.45, 2.75) is 12.8 Å². The Morgan fingerprint density at radius 1 is 1.42 bits per heavy atom. The molecule has 2 N–H and O–H groups in total. The summed E-state index contributed by atoms with van der Waals surface area (Å²) in [6.07, 6.45) is 2.04. The zero-order chi connectivity index (χ0) is 8.65. The van der Waals surface area contributed by atoms with Gasteiger partial charge in [-0.05, 0) is 37.6 Å². The second-order valence-corrected chi connectivity index (χ2v) is 2.58. The molecule has 1 aromatic rings. The third-order valence-electron chi connectivity index (χ3n) is 1.55. The van der Waals surface area contributed by atoms with Gasteiger partial charge in [-0.25, -0.2) is 0 Å². The van der Waals surface area contributed by atoms with E-state index in [2.05, 4.69) is 6.07 Å². The molecule has 2 heteroatoms. The van der Waals surface area contributed by atoms with Crippen LogP contribution in [0.15, 0.2) is 24.3 Å². The topological polar surface area (TPSA) is 35.2 Å². The SMILES string of the molecule is NCCCCOc1c[c]ccc1. The Hall–Kier alpha value is -1.02. The molecule has 0 atom stereocenters. The average Bonchev–Trinajstić information content (AvgIpc) is 2.14. The van der Waals surface area contributed by atoms with Gasteiger partial charge in [-0.2, -0.15) is 0 Å². The standard InChI is InChI=1S/C10H14NO/c11-8-4-5-9-12-10-6-2-1-3-7-10/h1-2,6-7H,4-5,8-9,11H2. The minimum absolute atomic E-state index is 0.740. The van der Waals surface area contributed by atoms with E-state index in [1.807, 2.05) is 24.3 Å². The van der Waals surface area contributed by atoms with Crippen LogP contribution >= 0.6 is 0 Å². The van der Waals surface area contributed by atoms with Gasteiger partial charge in [0.05, 0.1) is 6.61 Å². The minimum Gasteiger partial charge on any atom is -0.494 e. The highest BCUT2D eigenvalue weighted by atomic mass is 16.5. The molecule has 0 saturated carbocycles. The molecule has 1 radical (unpaired) electrons. The van der Waals surface area contributed by atoms with E-state index in [0.717, 1.165) is 31.7 Å². The van der Waals surface area contributed by atoms with E-state index >= 15 is 0 Å². The highest BCUT2D eigenvalue weighted by molar-refractivity contribution is 5.19. The molecule has 0 bridgehead atoms. The Morgan fingerprint density at radius 2 is 2.33 bits per heavy atom. The van der Waals surface area contributed by atoms with E-state index in [9.17, 15) is 0 Å². The third kappa shape index (κ3) is 3.39. The van der Waals surface area contributed by atoms with Crippen LogP contribution in [0.2, 0.25) is 0 Å². The molecule has 12 heavy (non-hydrogen) atoms. The molecule has 0 spiro atoms.